The van der Waals surface area contributed by atoms with Gasteiger partial charge >= 0.3 is 49.4 Å². The average Bonchev–Trinajstić information content (AvgIpc) is 3.39. The van der Waals surface area contributed by atoms with Crippen LogP contribution in [0.4, 0.5) is 0 Å². The van der Waals surface area contributed by atoms with E-state index >= 15 is 0 Å². The SMILES string of the molecule is C[C@H](NC(=O)CN1CCN(CC(=O)N[C@H](C)c2ccccc2)CCN(CC(=O)N[C@@H](C)c2ccccc2)CCN(Cc2ccc3c(n2)c2ncccc2c2nc4c(nc32)CCCC4)CC1)c1ccccc1.[Eu+3]. The van der Waals surface area contributed by atoms with Crippen molar-refractivity contribution in [1.82, 2.24) is 55.5 Å². The van der Waals surface area contributed by atoms with Crippen LogP contribution in [-0.2, 0) is 33.8 Å². The summed E-state index contributed by atoms with van der Waals surface area (Å²) >= 11 is 0. The molecule has 15 heteroatoms. The van der Waals surface area contributed by atoms with E-state index in [9.17, 15) is 14.4 Å². The van der Waals surface area contributed by atoms with E-state index in [0.717, 1.165) is 92.3 Å². The fraction of sp³-hybridized carbons (Fsp3) is 0.386. The number of nitrogens with zero attached hydrogens (tertiary/aromatic N) is 8. The van der Waals surface area contributed by atoms with Gasteiger partial charge in [0.05, 0.1) is 76.9 Å². The summed E-state index contributed by atoms with van der Waals surface area (Å²) in [5.74, 6) is -0.197. The van der Waals surface area contributed by atoms with Crippen molar-refractivity contribution in [3.8, 4) is 0 Å². The van der Waals surface area contributed by atoms with E-state index in [0.29, 0.717) is 58.9 Å². The molecule has 0 radical (unpaired) electrons. The minimum absolute atomic E-state index is 0. The van der Waals surface area contributed by atoms with Crippen LogP contribution in [0.5, 0.6) is 0 Å². The molecule has 1 fully saturated rings. The first-order valence-electron chi connectivity index (χ1n) is 25.4. The van der Waals surface area contributed by atoms with Gasteiger partial charge in [0.15, 0.2) is 0 Å². The number of hydrogen-bond acceptors (Lipinski definition) is 11. The largest absolute Gasteiger partial charge is 3.00 e. The topological polar surface area (TPSA) is 152 Å². The number of benzene rings is 4. The number of aryl methyl sites for hydroxylation is 2. The van der Waals surface area contributed by atoms with Crippen molar-refractivity contribution in [2.75, 3.05) is 72.0 Å². The molecule has 3 aromatic heterocycles. The molecule has 3 atom stereocenters. The van der Waals surface area contributed by atoms with Gasteiger partial charge in [0.1, 0.15) is 0 Å². The number of amides is 3. The van der Waals surface area contributed by atoms with Gasteiger partial charge in [-0.2, -0.15) is 0 Å². The third-order valence-electron chi connectivity index (χ3n) is 14.1. The van der Waals surface area contributed by atoms with E-state index in [2.05, 4.69) is 53.7 Å². The van der Waals surface area contributed by atoms with Crippen LogP contribution in [-0.4, -0.2) is 129 Å². The molecule has 1 aliphatic carbocycles. The summed E-state index contributed by atoms with van der Waals surface area (Å²) in [5, 5.41) is 11.6. The molecule has 4 heterocycles. The third-order valence-corrected chi connectivity index (χ3v) is 14.1. The molecule has 0 bridgehead atoms. The molecular weight excluding hydrogens is 1040 g/mol. The van der Waals surface area contributed by atoms with E-state index < -0.39 is 0 Å². The molecule has 3 amide bonds. The quantitative estimate of drug-likeness (QED) is 0.0971. The molecule has 0 spiro atoms. The smallest absolute Gasteiger partial charge is 0.348 e. The van der Waals surface area contributed by atoms with Crippen LogP contribution in [0.25, 0.3) is 32.8 Å². The monoisotopic (exact) mass is 1110 g/mol. The van der Waals surface area contributed by atoms with Crippen LogP contribution in [0.1, 0.15) is 85.5 Å². The Morgan fingerprint density at radius 3 is 1.25 bits per heavy atom. The second-order valence-corrected chi connectivity index (χ2v) is 19.3. The summed E-state index contributed by atoms with van der Waals surface area (Å²) in [6.45, 7) is 11.8. The van der Waals surface area contributed by atoms with Crippen molar-refractivity contribution >= 4 is 50.6 Å². The minimum atomic E-state index is -0.161. The van der Waals surface area contributed by atoms with Crippen molar-refractivity contribution in [2.24, 2.45) is 0 Å². The van der Waals surface area contributed by atoms with Gasteiger partial charge in [-0.15, -0.1) is 0 Å². The number of rotatable bonds is 14. The molecule has 0 unspecified atom stereocenters. The van der Waals surface area contributed by atoms with Crippen LogP contribution < -0.4 is 16.0 Å². The van der Waals surface area contributed by atoms with Crippen LogP contribution in [0.2, 0.25) is 0 Å². The van der Waals surface area contributed by atoms with Gasteiger partial charge in [0.2, 0.25) is 17.7 Å². The fourth-order valence-electron chi connectivity index (χ4n) is 10.00. The molecule has 372 valence electrons. The number of aromatic nitrogens is 4. The zero-order chi connectivity index (χ0) is 49.1. The molecule has 72 heavy (non-hydrogen) atoms. The molecule has 0 saturated carbocycles. The maximum absolute atomic E-state index is 13.9. The molecule has 1 saturated heterocycles. The Hall–Kier alpha value is -5.13. The van der Waals surface area contributed by atoms with Gasteiger partial charge in [0.25, 0.3) is 0 Å². The summed E-state index contributed by atoms with van der Waals surface area (Å²) in [6, 6.07) is 37.8. The van der Waals surface area contributed by atoms with Gasteiger partial charge in [0, 0.05) is 75.9 Å². The van der Waals surface area contributed by atoms with Gasteiger partial charge in [-0.3, -0.25) is 39.0 Å². The molecule has 2 aliphatic rings. The Labute approximate surface area is 464 Å². The molecule has 3 N–H and O–H groups in total. The van der Waals surface area contributed by atoms with E-state index in [1.807, 2.05) is 124 Å². The van der Waals surface area contributed by atoms with Crippen molar-refractivity contribution in [2.45, 2.75) is 71.1 Å². The van der Waals surface area contributed by atoms with Gasteiger partial charge in [-0.1, -0.05) is 91.0 Å². The molecular formula is C57H67EuN11O3+3. The minimum Gasteiger partial charge on any atom is -0.348 e. The first-order chi connectivity index (χ1) is 34.6. The molecule has 7 aromatic rings. The number of carbonyl (C=O) groups is 3. The molecule has 4 aromatic carbocycles. The van der Waals surface area contributed by atoms with E-state index in [-0.39, 0.29) is 105 Å². The first-order valence-corrected chi connectivity index (χ1v) is 25.4. The van der Waals surface area contributed by atoms with E-state index in [4.69, 9.17) is 19.9 Å². The van der Waals surface area contributed by atoms with Crippen LogP contribution in [0.15, 0.2) is 121 Å². The van der Waals surface area contributed by atoms with Gasteiger partial charge in [-0.25, -0.2) is 15.0 Å². The Balaban J connectivity index is 0.00000693. The van der Waals surface area contributed by atoms with Crippen LogP contribution in [0, 0.1) is 49.4 Å². The van der Waals surface area contributed by atoms with Crippen molar-refractivity contribution < 1.29 is 63.8 Å². The van der Waals surface area contributed by atoms with Crippen molar-refractivity contribution in [3.63, 3.8) is 0 Å². The predicted molar refractivity (Wildman–Crippen MR) is 280 cm³/mol. The van der Waals surface area contributed by atoms with Crippen LogP contribution >= 0.6 is 0 Å². The zero-order valence-electron chi connectivity index (χ0n) is 41.8. The number of pyridine rings is 2. The summed E-state index contributed by atoms with van der Waals surface area (Å²) < 4.78 is 0. The van der Waals surface area contributed by atoms with E-state index in [1.54, 1.807) is 0 Å². The first kappa shape index (κ1) is 53.2. The van der Waals surface area contributed by atoms with Crippen molar-refractivity contribution in [1.29, 1.82) is 0 Å². The van der Waals surface area contributed by atoms with Crippen molar-refractivity contribution in [3.05, 3.63) is 155 Å². The van der Waals surface area contributed by atoms with Gasteiger partial charge in [-0.05, 0) is 87.4 Å². The second kappa shape index (κ2) is 25.7. The third kappa shape index (κ3) is 13.9. The summed E-state index contributed by atoms with van der Waals surface area (Å²) in [5.41, 5.74) is 9.56. The molecule has 9 rings (SSSR count). The number of fused-ring (bicyclic) bond motifs is 7. The maximum atomic E-state index is 13.9. The Morgan fingerprint density at radius 1 is 0.458 bits per heavy atom. The Morgan fingerprint density at radius 2 is 0.833 bits per heavy atom. The zero-order valence-corrected chi connectivity index (χ0v) is 44.2. The van der Waals surface area contributed by atoms with Gasteiger partial charge < -0.3 is 16.0 Å². The predicted octanol–water partition coefficient (Wildman–Crippen LogP) is 6.96. The molecule has 1 aliphatic heterocycles. The number of hydrogen-bond donors (Lipinski definition) is 3. The van der Waals surface area contributed by atoms with E-state index in [1.165, 1.54) is 0 Å². The average molecular weight is 1110 g/mol. The summed E-state index contributed by atoms with van der Waals surface area (Å²) in [6.07, 6.45) is 5.94. The Kier molecular flexibility index (Phi) is 19.0. The summed E-state index contributed by atoms with van der Waals surface area (Å²) in [7, 11) is 0. The standard InChI is InChI=1S/C57H67N11O3.Eu/c1-40(43-16-7-4-8-17-43)59-51(69)37-66-30-28-65(36-46-25-26-48-55(62-46)54-47(22-15-27-58-54)56-57(48)64-50-24-14-13-23-49(50)63-56)29-31-67(38-52(70)60-41(2)44-18-9-5-10-19-44)33-35-68(34-32-66)39-53(71)61-42(3)45-20-11-6-12-21-45;/h4-12,15-22,25-27,40-42H,13-14,23-24,28-39H2,1-3H3,(H,59,69)(H,60,70)(H,61,71);/q;+3/t40-,41-,42+;/m0./s1. The Bertz CT molecular complexity index is 2850. The second-order valence-electron chi connectivity index (χ2n) is 19.3. The summed E-state index contributed by atoms with van der Waals surface area (Å²) in [4.78, 5) is 71.1. The maximum Gasteiger partial charge on any atom is 3.00 e. The normalized spacial score (nSPS) is 16.9. The molecule has 14 nitrogen and oxygen atoms in total. The number of carbonyl (C=O) groups excluding carboxylic acids is 3. The number of nitrogens with one attached hydrogen (secondary N) is 3. The fourth-order valence-corrected chi connectivity index (χ4v) is 10.00. The van der Waals surface area contributed by atoms with Crippen LogP contribution in [0.3, 0.4) is 0 Å².